The van der Waals surface area contributed by atoms with Crippen molar-refractivity contribution in [2.24, 2.45) is 0 Å². The van der Waals surface area contributed by atoms with E-state index in [0.717, 1.165) is 36.2 Å². The van der Waals surface area contributed by atoms with Gasteiger partial charge in [0.1, 0.15) is 16.2 Å². The molecule has 2 aromatic carbocycles. The van der Waals surface area contributed by atoms with Crippen molar-refractivity contribution in [1.82, 2.24) is 0 Å². The summed E-state index contributed by atoms with van der Waals surface area (Å²) < 4.78 is 35.0. The monoisotopic (exact) mass is 389 g/mol. The van der Waals surface area contributed by atoms with Gasteiger partial charge in [-0.3, -0.25) is 10.1 Å². The van der Waals surface area contributed by atoms with E-state index in [0.29, 0.717) is 11.8 Å². The smallest absolute Gasteiger partial charge is 0.339 e. The van der Waals surface area contributed by atoms with Gasteiger partial charge in [0, 0.05) is 29.7 Å². The second kappa shape index (κ2) is 7.20. The quantitative estimate of drug-likeness (QED) is 0.274. The maximum Gasteiger partial charge on any atom is 0.339 e. The summed E-state index contributed by atoms with van der Waals surface area (Å²) in [4.78, 5) is 21.5. The third-order valence-electron chi connectivity index (χ3n) is 3.86. The first-order chi connectivity index (χ1) is 12.8. The van der Waals surface area contributed by atoms with Crippen LogP contribution in [-0.4, -0.2) is 13.3 Å². The van der Waals surface area contributed by atoms with Gasteiger partial charge in [0.15, 0.2) is 0 Å². The van der Waals surface area contributed by atoms with Crippen molar-refractivity contribution in [2.45, 2.75) is 24.7 Å². The van der Waals surface area contributed by atoms with Crippen LogP contribution in [0.25, 0.3) is 11.0 Å². The summed E-state index contributed by atoms with van der Waals surface area (Å²) in [6, 6.07) is 10.2. The Kier molecular flexibility index (Phi) is 4.95. The maximum atomic E-state index is 12.4. The number of aryl methyl sites for hydroxylation is 1. The van der Waals surface area contributed by atoms with Crippen LogP contribution in [0, 0.1) is 10.1 Å². The van der Waals surface area contributed by atoms with Crippen LogP contribution in [0.2, 0.25) is 0 Å². The lowest BCUT2D eigenvalue weighted by molar-refractivity contribution is -0.384. The van der Waals surface area contributed by atoms with Crippen LogP contribution >= 0.6 is 0 Å². The molecule has 0 fully saturated rings. The summed E-state index contributed by atoms with van der Waals surface area (Å²) in [5.41, 5.74) is 0.280. The van der Waals surface area contributed by atoms with Crippen molar-refractivity contribution in [3.63, 3.8) is 0 Å². The maximum absolute atomic E-state index is 12.4. The summed E-state index contributed by atoms with van der Waals surface area (Å²) in [6.45, 7) is 1.98. The van der Waals surface area contributed by atoms with Gasteiger partial charge in [0.05, 0.1) is 4.92 Å². The Morgan fingerprint density at radius 1 is 1.11 bits per heavy atom. The topological polar surface area (TPSA) is 117 Å². The minimum Gasteiger partial charge on any atom is -0.423 e. The molecule has 1 aromatic heterocycles. The van der Waals surface area contributed by atoms with Crippen LogP contribution < -0.4 is 9.81 Å². The van der Waals surface area contributed by atoms with Crippen LogP contribution in [-0.2, 0) is 16.5 Å². The Morgan fingerprint density at radius 2 is 1.81 bits per heavy atom. The number of benzene rings is 2. The highest BCUT2D eigenvalue weighted by Gasteiger charge is 2.19. The van der Waals surface area contributed by atoms with Crippen LogP contribution in [0.3, 0.4) is 0 Å². The van der Waals surface area contributed by atoms with Crippen molar-refractivity contribution < 1.29 is 21.9 Å². The molecule has 0 radical (unpaired) electrons. The molecule has 0 bridgehead atoms. The number of nitro groups is 1. The van der Waals surface area contributed by atoms with E-state index in [1.807, 2.05) is 6.92 Å². The third-order valence-corrected chi connectivity index (χ3v) is 5.12. The van der Waals surface area contributed by atoms with Gasteiger partial charge in [-0.15, -0.1) is 0 Å². The van der Waals surface area contributed by atoms with Gasteiger partial charge in [0.25, 0.3) is 5.69 Å². The molecule has 0 spiro atoms. The Morgan fingerprint density at radius 3 is 2.44 bits per heavy atom. The summed E-state index contributed by atoms with van der Waals surface area (Å²) in [6.07, 6.45) is 1.52. The average molecular weight is 389 g/mol. The van der Waals surface area contributed by atoms with Crippen molar-refractivity contribution in [3.05, 3.63) is 74.6 Å². The van der Waals surface area contributed by atoms with E-state index >= 15 is 0 Å². The zero-order chi connectivity index (χ0) is 19.6. The molecule has 9 heteroatoms. The second-order valence-corrected chi connectivity index (χ2v) is 7.33. The fourth-order valence-electron chi connectivity index (χ4n) is 2.65. The highest BCUT2D eigenvalue weighted by Crippen LogP contribution is 2.26. The standard InChI is InChI=1S/C18H15NO7S/c1-2-3-12-10-18(20)25-17-11-14(6-9-16(12)17)26-27(23,24)15-7-4-13(5-8-15)19(21)22/h4-11H,2-3H2,1H3. The van der Waals surface area contributed by atoms with Crippen molar-refractivity contribution in [2.75, 3.05) is 0 Å². The molecule has 0 N–H and O–H groups in total. The molecule has 140 valence electrons. The zero-order valence-corrected chi connectivity index (χ0v) is 15.1. The number of non-ortho nitro benzene ring substituents is 1. The molecule has 0 atom stereocenters. The summed E-state index contributed by atoms with van der Waals surface area (Å²) in [7, 11) is -4.20. The van der Waals surface area contributed by atoms with E-state index in [9.17, 15) is 23.3 Å². The molecular weight excluding hydrogens is 374 g/mol. The third kappa shape index (κ3) is 3.98. The first kappa shape index (κ1) is 18.6. The van der Waals surface area contributed by atoms with E-state index in [4.69, 9.17) is 8.60 Å². The number of fused-ring (bicyclic) bond motifs is 1. The summed E-state index contributed by atoms with van der Waals surface area (Å²) in [5.74, 6) is -0.0300. The lowest BCUT2D eigenvalue weighted by atomic mass is 10.1. The molecule has 27 heavy (non-hydrogen) atoms. The molecule has 0 saturated heterocycles. The Labute approximate surface area is 154 Å². The number of hydrogen-bond donors (Lipinski definition) is 0. The zero-order valence-electron chi connectivity index (χ0n) is 14.2. The van der Waals surface area contributed by atoms with Crippen LogP contribution in [0.4, 0.5) is 5.69 Å². The number of nitro benzene ring substituents is 1. The van der Waals surface area contributed by atoms with Crippen molar-refractivity contribution in [1.29, 1.82) is 0 Å². The van der Waals surface area contributed by atoms with Gasteiger partial charge in [0.2, 0.25) is 0 Å². The van der Waals surface area contributed by atoms with E-state index < -0.39 is 20.7 Å². The van der Waals surface area contributed by atoms with Crippen LogP contribution in [0.15, 0.2) is 62.6 Å². The van der Waals surface area contributed by atoms with Gasteiger partial charge >= 0.3 is 15.7 Å². The number of hydrogen-bond acceptors (Lipinski definition) is 7. The molecule has 3 aromatic rings. The second-order valence-electron chi connectivity index (χ2n) is 5.79. The molecule has 0 unspecified atom stereocenters. The number of nitrogens with zero attached hydrogens (tertiary/aromatic N) is 1. The average Bonchev–Trinajstić information content (AvgIpc) is 2.61. The predicted octanol–water partition coefficient (Wildman–Crippen LogP) is 3.42. The Bertz CT molecular complexity index is 1160. The van der Waals surface area contributed by atoms with Gasteiger partial charge in [-0.05, 0) is 36.2 Å². The molecule has 0 saturated carbocycles. The van der Waals surface area contributed by atoms with Crippen molar-refractivity contribution in [3.8, 4) is 5.75 Å². The lowest BCUT2D eigenvalue weighted by Gasteiger charge is -2.09. The molecule has 0 amide bonds. The molecule has 0 aliphatic heterocycles. The highest BCUT2D eigenvalue weighted by atomic mass is 32.2. The lowest BCUT2D eigenvalue weighted by Crippen LogP contribution is -2.10. The minimum absolute atomic E-state index is 0.0300. The first-order valence-corrected chi connectivity index (χ1v) is 9.47. The fraction of sp³-hybridized carbons (Fsp3) is 0.167. The minimum atomic E-state index is -4.20. The van der Waals surface area contributed by atoms with Gasteiger partial charge in [-0.25, -0.2) is 4.79 Å². The molecule has 3 rings (SSSR count). The van der Waals surface area contributed by atoms with Crippen LogP contribution in [0.1, 0.15) is 18.9 Å². The molecule has 0 aliphatic rings. The van der Waals surface area contributed by atoms with E-state index in [1.165, 1.54) is 18.2 Å². The SMILES string of the molecule is CCCc1cc(=O)oc2cc(OS(=O)(=O)c3ccc([N+](=O)[O-])cc3)ccc12. The molecule has 0 aliphatic carbocycles. The molecular formula is C18H15NO7S. The number of rotatable bonds is 6. The Hall–Kier alpha value is -3.20. The van der Waals surface area contributed by atoms with Crippen LogP contribution in [0.5, 0.6) is 5.75 Å². The molecule has 8 nitrogen and oxygen atoms in total. The molecule has 1 heterocycles. The van der Waals surface area contributed by atoms with E-state index in [-0.39, 0.29) is 21.9 Å². The summed E-state index contributed by atoms with van der Waals surface area (Å²) in [5, 5.41) is 11.4. The van der Waals surface area contributed by atoms with E-state index in [1.54, 1.807) is 6.07 Å². The predicted molar refractivity (Wildman–Crippen MR) is 97.4 cm³/mol. The Balaban J connectivity index is 1.95. The van der Waals surface area contributed by atoms with E-state index in [2.05, 4.69) is 0 Å². The fourth-order valence-corrected chi connectivity index (χ4v) is 3.57. The van der Waals surface area contributed by atoms with Crippen molar-refractivity contribution >= 4 is 26.8 Å². The largest absolute Gasteiger partial charge is 0.423 e. The highest BCUT2D eigenvalue weighted by molar-refractivity contribution is 7.87. The van der Waals surface area contributed by atoms with Gasteiger partial charge < -0.3 is 8.60 Å². The summed E-state index contributed by atoms with van der Waals surface area (Å²) >= 11 is 0. The van der Waals surface area contributed by atoms with Gasteiger partial charge in [-0.1, -0.05) is 13.3 Å². The first-order valence-electron chi connectivity index (χ1n) is 8.06. The normalized spacial score (nSPS) is 11.4. The van der Waals surface area contributed by atoms with Gasteiger partial charge in [-0.2, -0.15) is 8.42 Å².